The number of aromatic nitrogens is 1. The summed E-state index contributed by atoms with van der Waals surface area (Å²) >= 11 is 0. The van der Waals surface area contributed by atoms with Gasteiger partial charge in [0.2, 0.25) is 0 Å². The fourth-order valence-electron chi connectivity index (χ4n) is 2.66. The van der Waals surface area contributed by atoms with E-state index in [-0.39, 0.29) is 12.1 Å². The summed E-state index contributed by atoms with van der Waals surface area (Å²) in [4.78, 5) is 18.7. The van der Waals surface area contributed by atoms with Gasteiger partial charge in [-0.05, 0) is 24.6 Å². The van der Waals surface area contributed by atoms with Crippen LogP contribution in [-0.2, 0) is 11.2 Å². The lowest BCUT2D eigenvalue weighted by Gasteiger charge is -2.34. The van der Waals surface area contributed by atoms with Gasteiger partial charge in [-0.3, -0.25) is 0 Å². The summed E-state index contributed by atoms with van der Waals surface area (Å²) in [5.74, 6) is 0.706. The minimum absolute atomic E-state index is 0.0892. The Labute approximate surface area is 129 Å². The van der Waals surface area contributed by atoms with Crippen LogP contribution in [0.15, 0.2) is 22.6 Å². The lowest BCUT2D eigenvalue weighted by Crippen LogP contribution is -2.50. The summed E-state index contributed by atoms with van der Waals surface area (Å²) in [6.07, 6.45) is 1.64. The molecule has 6 heteroatoms. The molecule has 1 fully saturated rings. The Hall–Kier alpha value is -2.08. The third kappa shape index (κ3) is 2.92. The quantitative estimate of drug-likeness (QED) is 0.946. The molecule has 3 rings (SSSR count). The first-order valence-electron chi connectivity index (χ1n) is 7.76. The molecule has 2 heterocycles. The highest BCUT2D eigenvalue weighted by Gasteiger charge is 2.26. The molecule has 0 aliphatic carbocycles. The SMILES string of the molecule is CCc1nc2cc(NC(=O)N3CCOC[C@H]3CC)ccc2o1. The Morgan fingerprint density at radius 2 is 2.32 bits per heavy atom. The van der Waals surface area contributed by atoms with Crippen molar-refractivity contribution in [3.05, 3.63) is 24.1 Å². The van der Waals surface area contributed by atoms with Crippen LogP contribution in [0, 0.1) is 0 Å². The number of urea groups is 1. The van der Waals surface area contributed by atoms with Crippen molar-refractivity contribution in [3.63, 3.8) is 0 Å². The zero-order valence-electron chi connectivity index (χ0n) is 13.0. The maximum atomic E-state index is 12.4. The van der Waals surface area contributed by atoms with Gasteiger partial charge in [-0.1, -0.05) is 13.8 Å². The molecule has 2 aromatic rings. The molecule has 0 bridgehead atoms. The van der Waals surface area contributed by atoms with E-state index < -0.39 is 0 Å². The molecule has 0 radical (unpaired) electrons. The highest BCUT2D eigenvalue weighted by molar-refractivity contribution is 5.91. The number of nitrogens with zero attached hydrogens (tertiary/aromatic N) is 2. The molecule has 1 atom stereocenters. The van der Waals surface area contributed by atoms with Crippen LogP contribution in [0.3, 0.4) is 0 Å². The zero-order valence-corrected chi connectivity index (χ0v) is 13.0. The second kappa shape index (κ2) is 6.36. The number of benzene rings is 1. The smallest absolute Gasteiger partial charge is 0.322 e. The van der Waals surface area contributed by atoms with Crippen molar-refractivity contribution < 1.29 is 13.9 Å². The maximum absolute atomic E-state index is 12.4. The summed E-state index contributed by atoms with van der Waals surface area (Å²) in [6, 6.07) is 5.57. The number of anilines is 1. The average molecular weight is 303 g/mol. The van der Waals surface area contributed by atoms with Crippen LogP contribution in [0.1, 0.15) is 26.2 Å². The van der Waals surface area contributed by atoms with Crippen molar-refractivity contribution in [1.82, 2.24) is 9.88 Å². The Kier molecular flexibility index (Phi) is 4.29. The van der Waals surface area contributed by atoms with Gasteiger partial charge in [0.1, 0.15) is 5.52 Å². The fraction of sp³-hybridized carbons (Fsp3) is 0.500. The second-order valence-corrected chi connectivity index (χ2v) is 5.40. The van der Waals surface area contributed by atoms with Crippen molar-refractivity contribution in [2.75, 3.05) is 25.1 Å². The van der Waals surface area contributed by atoms with Gasteiger partial charge in [0.05, 0.1) is 19.3 Å². The third-order valence-corrected chi connectivity index (χ3v) is 3.95. The first kappa shape index (κ1) is 14.8. The number of aryl methyl sites for hydroxylation is 1. The van der Waals surface area contributed by atoms with Gasteiger partial charge < -0.3 is 19.4 Å². The van der Waals surface area contributed by atoms with Gasteiger partial charge in [-0.2, -0.15) is 0 Å². The Balaban J connectivity index is 1.75. The Morgan fingerprint density at radius 3 is 3.09 bits per heavy atom. The van der Waals surface area contributed by atoms with E-state index in [2.05, 4.69) is 17.2 Å². The van der Waals surface area contributed by atoms with Crippen molar-refractivity contribution in [3.8, 4) is 0 Å². The molecular weight excluding hydrogens is 282 g/mol. The summed E-state index contributed by atoms with van der Waals surface area (Å²) in [5.41, 5.74) is 2.24. The van der Waals surface area contributed by atoms with Gasteiger partial charge >= 0.3 is 6.03 Å². The van der Waals surface area contributed by atoms with E-state index in [1.54, 1.807) is 0 Å². The van der Waals surface area contributed by atoms with E-state index in [9.17, 15) is 4.79 Å². The van der Waals surface area contributed by atoms with Crippen LogP contribution in [0.2, 0.25) is 0 Å². The van der Waals surface area contributed by atoms with Crippen LogP contribution < -0.4 is 5.32 Å². The maximum Gasteiger partial charge on any atom is 0.322 e. The highest BCUT2D eigenvalue weighted by atomic mass is 16.5. The Morgan fingerprint density at radius 1 is 1.45 bits per heavy atom. The number of morpholine rings is 1. The number of nitrogens with one attached hydrogen (secondary N) is 1. The van der Waals surface area contributed by atoms with Crippen molar-refractivity contribution in [2.24, 2.45) is 0 Å². The van der Waals surface area contributed by atoms with Crippen LogP contribution in [0.5, 0.6) is 0 Å². The first-order valence-corrected chi connectivity index (χ1v) is 7.76. The summed E-state index contributed by atoms with van der Waals surface area (Å²) < 4.78 is 11.0. The largest absolute Gasteiger partial charge is 0.441 e. The monoisotopic (exact) mass is 303 g/mol. The number of hydrogen-bond acceptors (Lipinski definition) is 4. The van der Waals surface area contributed by atoms with E-state index >= 15 is 0 Å². The minimum atomic E-state index is -0.0892. The lowest BCUT2D eigenvalue weighted by atomic mass is 10.2. The van der Waals surface area contributed by atoms with Crippen LogP contribution in [-0.4, -0.2) is 41.7 Å². The van der Waals surface area contributed by atoms with Gasteiger partial charge in [0, 0.05) is 18.7 Å². The standard InChI is InChI=1S/C16H21N3O3/c1-3-12-10-21-8-7-19(12)16(20)17-11-5-6-14-13(9-11)18-15(4-2)22-14/h5-6,9,12H,3-4,7-8,10H2,1-2H3,(H,17,20)/t12-/m1/s1. The second-order valence-electron chi connectivity index (χ2n) is 5.40. The normalized spacial score (nSPS) is 18.6. The molecule has 0 unspecified atom stereocenters. The summed E-state index contributed by atoms with van der Waals surface area (Å²) in [7, 11) is 0. The molecule has 1 N–H and O–H groups in total. The minimum Gasteiger partial charge on any atom is -0.441 e. The van der Waals surface area contributed by atoms with Gasteiger partial charge in [-0.25, -0.2) is 9.78 Å². The predicted molar refractivity (Wildman–Crippen MR) is 84.0 cm³/mol. The van der Waals surface area contributed by atoms with E-state index in [1.807, 2.05) is 30.0 Å². The molecule has 1 aliphatic heterocycles. The molecule has 0 saturated carbocycles. The fourth-order valence-corrected chi connectivity index (χ4v) is 2.66. The molecule has 1 aromatic carbocycles. The number of oxazole rings is 1. The number of rotatable bonds is 3. The molecule has 1 aliphatic rings. The summed E-state index contributed by atoms with van der Waals surface area (Å²) in [5, 5.41) is 2.95. The van der Waals surface area contributed by atoms with Crippen LogP contribution in [0.25, 0.3) is 11.1 Å². The molecule has 22 heavy (non-hydrogen) atoms. The average Bonchev–Trinajstić information content (AvgIpc) is 2.97. The van der Waals surface area contributed by atoms with Gasteiger partial charge in [0.25, 0.3) is 0 Å². The van der Waals surface area contributed by atoms with Crippen molar-refractivity contribution in [2.45, 2.75) is 32.7 Å². The molecule has 1 aromatic heterocycles. The highest BCUT2D eigenvalue weighted by Crippen LogP contribution is 2.21. The first-order chi connectivity index (χ1) is 10.7. The van der Waals surface area contributed by atoms with Crippen LogP contribution in [0.4, 0.5) is 10.5 Å². The topological polar surface area (TPSA) is 67.6 Å². The van der Waals surface area contributed by atoms with Gasteiger partial charge in [0.15, 0.2) is 11.5 Å². The molecule has 2 amide bonds. The zero-order chi connectivity index (χ0) is 15.5. The number of hydrogen-bond donors (Lipinski definition) is 1. The summed E-state index contributed by atoms with van der Waals surface area (Å²) in [6.45, 7) is 5.87. The molecule has 6 nitrogen and oxygen atoms in total. The predicted octanol–water partition coefficient (Wildman–Crippen LogP) is 3.03. The lowest BCUT2D eigenvalue weighted by molar-refractivity contribution is 0.0144. The Bertz CT molecular complexity index is 668. The number of amides is 2. The number of carbonyl (C=O) groups excluding carboxylic acids is 1. The molecule has 118 valence electrons. The third-order valence-electron chi connectivity index (χ3n) is 3.95. The number of fused-ring (bicyclic) bond motifs is 1. The van der Waals surface area contributed by atoms with E-state index in [4.69, 9.17) is 9.15 Å². The molecule has 1 saturated heterocycles. The van der Waals surface area contributed by atoms with E-state index in [1.165, 1.54) is 0 Å². The van der Waals surface area contributed by atoms with Crippen LogP contribution >= 0.6 is 0 Å². The molecule has 0 spiro atoms. The van der Waals surface area contributed by atoms with Crippen molar-refractivity contribution >= 4 is 22.8 Å². The van der Waals surface area contributed by atoms with Gasteiger partial charge in [-0.15, -0.1) is 0 Å². The van der Waals surface area contributed by atoms with E-state index in [0.29, 0.717) is 25.6 Å². The van der Waals surface area contributed by atoms with E-state index in [0.717, 1.165) is 29.6 Å². The number of carbonyl (C=O) groups is 1. The molecular formula is C16H21N3O3. The number of ether oxygens (including phenoxy) is 1. The van der Waals surface area contributed by atoms with Crippen molar-refractivity contribution in [1.29, 1.82) is 0 Å².